The van der Waals surface area contributed by atoms with Gasteiger partial charge < -0.3 is 15.7 Å². The molecule has 3 nitrogen and oxygen atoms in total. The summed E-state index contributed by atoms with van der Waals surface area (Å²) < 4.78 is 0. The van der Waals surface area contributed by atoms with Gasteiger partial charge in [-0.05, 0) is 30.9 Å². The summed E-state index contributed by atoms with van der Waals surface area (Å²) in [6.07, 6.45) is 1.12. The maximum Gasteiger partial charge on any atom is 0.0637 e. The quantitative estimate of drug-likeness (QED) is 0.747. The Morgan fingerprint density at radius 2 is 2.25 bits per heavy atom. The molecule has 1 aliphatic heterocycles. The molecule has 1 aromatic rings. The number of nitrogens with zero attached hydrogens (tertiary/aromatic N) is 1. The van der Waals surface area contributed by atoms with E-state index >= 15 is 0 Å². The van der Waals surface area contributed by atoms with Crippen molar-refractivity contribution in [1.82, 2.24) is 0 Å². The van der Waals surface area contributed by atoms with Crippen molar-refractivity contribution in [3.63, 3.8) is 0 Å². The Labute approximate surface area is 96.9 Å². The van der Waals surface area contributed by atoms with Crippen molar-refractivity contribution in [3.05, 3.63) is 23.8 Å². The van der Waals surface area contributed by atoms with E-state index in [2.05, 4.69) is 24.8 Å². The lowest BCUT2D eigenvalue weighted by atomic mass is 10.0. The van der Waals surface area contributed by atoms with Crippen LogP contribution in [-0.4, -0.2) is 24.3 Å². The highest BCUT2D eigenvalue weighted by Gasteiger charge is 2.32. The number of anilines is 2. The Balaban J connectivity index is 2.37. The van der Waals surface area contributed by atoms with Crippen LogP contribution in [-0.2, 0) is 0 Å². The number of benzene rings is 1. The summed E-state index contributed by atoms with van der Waals surface area (Å²) in [5.74, 6) is 0.531. The Morgan fingerprint density at radius 1 is 1.50 bits per heavy atom. The second kappa shape index (κ2) is 4.34. The molecule has 2 rings (SSSR count). The van der Waals surface area contributed by atoms with Crippen molar-refractivity contribution in [2.24, 2.45) is 5.92 Å². The zero-order valence-electron chi connectivity index (χ0n) is 9.98. The van der Waals surface area contributed by atoms with Gasteiger partial charge in [0.15, 0.2) is 0 Å². The van der Waals surface area contributed by atoms with Gasteiger partial charge in [-0.25, -0.2) is 0 Å². The lowest BCUT2D eigenvalue weighted by molar-refractivity contribution is 0.245. The third-order valence-electron chi connectivity index (χ3n) is 3.63. The van der Waals surface area contributed by atoms with Gasteiger partial charge in [-0.3, -0.25) is 0 Å². The van der Waals surface area contributed by atoms with E-state index in [1.165, 1.54) is 5.56 Å². The molecule has 3 N–H and O–H groups in total. The van der Waals surface area contributed by atoms with Crippen LogP contribution < -0.4 is 10.6 Å². The Bertz CT molecular complexity index is 358. The molecule has 0 aromatic heterocycles. The fourth-order valence-electron chi connectivity index (χ4n) is 2.64. The summed E-state index contributed by atoms with van der Waals surface area (Å²) in [7, 11) is 0. The molecule has 0 spiro atoms. The highest BCUT2D eigenvalue weighted by atomic mass is 16.3. The van der Waals surface area contributed by atoms with E-state index in [4.69, 9.17) is 5.73 Å². The number of nitrogens with two attached hydrogens (primary N) is 1. The van der Waals surface area contributed by atoms with Crippen LogP contribution >= 0.6 is 0 Å². The smallest absolute Gasteiger partial charge is 0.0637 e. The molecule has 3 heteroatoms. The first-order valence-electron chi connectivity index (χ1n) is 5.87. The molecular formula is C13H20N2O. The van der Waals surface area contributed by atoms with Gasteiger partial charge in [-0.15, -0.1) is 0 Å². The highest BCUT2D eigenvalue weighted by molar-refractivity contribution is 5.72. The molecule has 1 saturated heterocycles. The zero-order valence-corrected chi connectivity index (χ0v) is 9.98. The minimum absolute atomic E-state index is 0.203. The SMILES string of the molecule is Cc1cccc(N)c1N1CCC(C)C1CO. The maximum atomic E-state index is 9.47. The number of aliphatic hydroxyl groups is 1. The van der Waals surface area contributed by atoms with Crippen molar-refractivity contribution in [2.75, 3.05) is 23.8 Å². The van der Waals surface area contributed by atoms with E-state index < -0.39 is 0 Å². The first kappa shape index (κ1) is 11.3. The molecule has 1 fully saturated rings. The van der Waals surface area contributed by atoms with Crippen molar-refractivity contribution < 1.29 is 5.11 Å². The topological polar surface area (TPSA) is 49.5 Å². The summed E-state index contributed by atoms with van der Waals surface area (Å²) in [6.45, 7) is 5.45. The van der Waals surface area contributed by atoms with Gasteiger partial charge in [0.1, 0.15) is 0 Å². The molecule has 1 aromatic carbocycles. The van der Waals surface area contributed by atoms with Gasteiger partial charge in [0.25, 0.3) is 0 Å². The Kier molecular flexibility index (Phi) is 3.06. The van der Waals surface area contributed by atoms with Gasteiger partial charge in [-0.1, -0.05) is 19.1 Å². The van der Waals surface area contributed by atoms with Crippen LogP contribution in [0.3, 0.4) is 0 Å². The van der Waals surface area contributed by atoms with E-state index in [0.717, 1.165) is 24.3 Å². The summed E-state index contributed by atoms with van der Waals surface area (Å²) >= 11 is 0. The van der Waals surface area contributed by atoms with Crippen LogP contribution in [0.5, 0.6) is 0 Å². The van der Waals surface area contributed by atoms with Crippen molar-refractivity contribution in [2.45, 2.75) is 26.3 Å². The molecule has 88 valence electrons. The monoisotopic (exact) mass is 220 g/mol. The molecule has 2 atom stereocenters. The summed E-state index contributed by atoms with van der Waals surface area (Å²) in [6, 6.07) is 6.19. The normalized spacial score (nSPS) is 25.1. The average Bonchev–Trinajstić information content (AvgIpc) is 2.59. The second-order valence-electron chi connectivity index (χ2n) is 4.72. The third-order valence-corrected chi connectivity index (χ3v) is 3.63. The van der Waals surface area contributed by atoms with Gasteiger partial charge in [0, 0.05) is 6.54 Å². The first-order chi connectivity index (χ1) is 7.65. The van der Waals surface area contributed by atoms with Crippen LogP contribution in [0.2, 0.25) is 0 Å². The summed E-state index contributed by atoms with van der Waals surface area (Å²) in [5.41, 5.74) is 9.14. The number of aryl methyl sites for hydroxylation is 1. The van der Waals surface area contributed by atoms with Crippen LogP contribution in [0, 0.1) is 12.8 Å². The number of hydrogen-bond acceptors (Lipinski definition) is 3. The standard InChI is InChI=1S/C13H20N2O/c1-9-6-7-15(12(9)8-16)13-10(2)4-3-5-11(13)14/h3-5,9,12,16H,6-8,14H2,1-2H3. The molecule has 16 heavy (non-hydrogen) atoms. The molecular weight excluding hydrogens is 200 g/mol. The van der Waals surface area contributed by atoms with Gasteiger partial charge in [0.2, 0.25) is 0 Å². The fourth-order valence-corrected chi connectivity index (χ4v) is 2.64. The van der Waals surface area contributed by atoms with Crippen LogP contribution in [0.1, 0.15) is 18.9 Å². The third kappa shape index (κ3) is 1.76. The molecule has 1 heterocycles. The fraction of sp³-hybridized carbons (Fsp3) is 0.538. The van der Waals surface area contributed by atoms with Crippen molar-refractivity contribution in [1.29, 1.82) is 0 Å². The molecule has 0 saturated carbocycles. The maximum absolute atomic E-state index is 9.47. The molecule has 0 aliphatic carbocycles. The van der Waals surface area contributed by atoms with Crippen LogP contribution in [0.25, 0.3) is 0 Å². The Hall–Kier alpha value is -1.22. The van der Waals surface area contributed by atoms with Crippen LogP contribution in [0.4, 0.5) is 11.4 Å². The number of nitrogen functional groups attached to an aromatic ring is 1. The average molecular weight is 220 g/mol. The van der Waals surface area contributed by atoms with E-state index in [1.54, 1.807) is 0 Å². The lowest BCUT2D eigenvalue weighted by Gasteiger charge is -2.29. The number of aliphatic hydroxyl groups excluding tert-OH is 1. The number of rotatable bonds is 2. The van der Waals surface area contributed by atoms with E-state index in [0.29, 0.717) is 5.92 Å². The molecule has 0 radical (unpaired) electrons. The molecule has 0 bridgehead atoms. The van der Waals surface area contributed by atoms with Gasteiger partial charge in [-0.2, -0.15) is 0 Å². The predicted molar refractivity (Wildman–Crippen MR) is 67.6 cm³/mol. The van der Waals surface area contributed by atoms with Crippen molar-refractivity contribution in [3.8, 4) is 0 Å². The largest absolute Gasteiger partial charge is 0.397 e. The van der Waals surface area contributed by atoms with Crippen molar-refractivity contribution >= 4 is 11.4 Å². The minimum Gasteiger partial charge on any atom is -0.397 e. The van der Waals surface area contributed by atoms with E-state index in [-0.39, 0.29) is 12.6 Å². The number of para-hydroxylation sites is 1. The van der Waals surface area contributed by atoms with E-state index in [9.17, 15) is 5.11 Å². The highest BCUT2D eigenvalue weighted by Crippen LogP contribution is 2.35. The zero-order chi connectivity index (χ0) is 11.7. The van der Waals surface area contributed by atoms with Crippen LogP contribution in [0.15, 0.2) is 18.2 Å². The minimum atomic E-state index is 0.203. The van der Waals surface area contributed by atoms with Gasteiger partial charge in [0.05, 0.1) is 24.0 Å². The molecule has 2 unspecified atom stereocenters. The van der Waals surface area contributed by atoms with E-state index in [1.807, 2.05) is 12.1 Å². The summed E-state index contributed by atoms with van der Waals surface area (Å²) in [4.78, 5) is 2.26. The first-order valence-corrected chi connectivity index (χ1v) is 5.87. The molecule has 1 aliphatic rings. The lowest BCUT2D eigenvalue weighted by Crippen LogP contribution is -2.36. The molecule has 0 amide bonds. The second-order valence-corrected chi connectivity index (χ2v) is 4.72. The Morgan fingerprint density at radius 3 is 2.88 bits per heavy atom. The number of hydrogen-bond donors (Lipinski definition) is 2. The van der Waals surface area contributed by atoms with Gasteiger partial charge >= 0.3 is 0 Å². The summed E-state index contributed by atoms with van der Waals surface area (Å²) in [5, 5.41) is 9.47. The predicted octanol–water partition coefficient (Wildman–Crippen LogP) is 1.78.